The Labute approximate surface area is 158 Å². The molecule has 0 amide bonds. The number of carbonyl (C=O) groups is 1. The van der Waals surface area contributed by atoms with Crippen LogP contribution in [0.3, 0.4) is 0 Å². The fraction of sp³-hybridized carbons (Fsp3) is 0.118. The highest BCUT2D eigenvalue weighted by molar-refractivity contribution is 7.18. The molecule has 0 aliphatic carbocycles. The normalized spacial score (nSPS) is 13.4. The Balaban J connectivity index is 2.03. The molecule has 0 spiro atoms. The van der Waals surface area contributed by atoms with Crippen LogP contribution in [0.5, 0.6) is 0 Å². The summed E-state index contributed by atoms with van der Waals surface area (Å²) in [6.07, 6.45) is 2.62. The lowest BCUT2D eigenvalue weighted by Gasteiger charge is -2.23. The van der Waals surface area contributed by atoms with Crippen molar-refractivity contribution in [3.05, 3.63) is 73.8 Å². The van der Waals surface area contributed by atoms with E-state index in [9.17, 15) is 9.90 Å². The summed E-state index contributed by atoms with van der Waals surface area (Å²) in [6, 6.07) is 8.40. The van der Waals surface area contributed by atoms with Crippen molar-refractivity contribution < 1.29 is 9.90 Å². The van der Waals surface area contributed by atoms with Gasteiger partial charge in [-0.2, -0.15) is 0 Å². The summed E-state index contributed by atoms with van der Waals surface area (Å²) in [6.45, 7) is 1.60. The number of hydrogen-bond donors (Lipinski definition) is 2. The molecule has 8 heteroatoms. The second-order valence-electron chi connectivity index (χ2n) is 5.53. The molecular weight excluding hydrogens is 381 g/mol. The second kappa shape index (κ2) is 6.72. The van der Waals surface area contributed by atoms with Crippen LogP contribution in [0.15, 0.2) is 42.9 Å². The van der Waals surface area contributed by atoms with Crippen molar-refractivity contribution in [3.8, 4) is 0 Å². The van der Waals surface area contributed by atoms with E-state index >= 15 is 0 Å². The van der Waals surface area contributed by atoms with Gasteiger partial charge in [0, 0.05) is 16.8 Å². The van der Waals surface area contributed by atoms with Gasteiger partial charge >= 0.3 is 0 Å². The highest BCUT2D eigenvalue weighted by Gasteiger charge is 2.31. The van der Waals surface area contributed by atoms with Gasteiger partial charge in [0.05, 0.1) is 14.8 Å². The average Bonchev–Trinajstić information content (AvgIpc) is 2.97. The maximum atomic E-state index is 12.6. The highest BCUT2D eigenvalue weighted by Crippen LogP contribution is 2.40. The maximum absolute atomic E-state index is 12.6. The molecule has 0 fully saturated rings. The Morgan fingerprint density at radius 2 is 2.08 bits per heavy atom. The Hall–Kier alpha value is -1.99. The van der Waals surface area contributed by atoms with Gasteiger partial charge in [-0.1, -0.05) is 35.3 Å². The quantitative estimate of drug-likeness (QED) is 0.655. The number of hydrogen-bond acceptors (Lipinski definition) is 6. The minimum absolute atomic E-state index is 0.0904. The van der Waals surface area contributed by atoms with Crippen molar-refractivity contribution >= 4 is 46.1 Å². The number of rotatable bonds is 4. The summed E-state index contributed by atoms with van der Waals surface area (Å²) in [4.78, 5) is 20.6. The summed E-state index contributed by atoms with van der Waals surface area (Å²) in [5.41, 5.74) is 5.50. The molecule has 2 heterocycles. The summed E-state index contributed by atoms with van der Waals surface area (Å²) in [5.74, 6) is -0.259. The van der Waals surface area contributed by atoms with Crippen molar-refractivity contribution in [1.29, 1.82) is 0 Å². The van der Waals surface area contributed by atoms with Crippen LogP contribution in [0.1, 0.15) is 33.3 Å². The third-order valence-corrected chi connectivity index (χ3v) is 5.40. The fourth-order valence-corrected chi connectivity index (χ4v) is 4.02. The number of nitrogens with zero attached hydrogens (tertiary/aromatic N) is 2. The van der Waals surface area contributed by atoms with E-state index in [0.717, 1.165) is 11.3 Å². The Morgan fingerprint density at radius 3 is 2.76 bits per heavy atom. The standard InChI is InChI=1S/C17H13Cl2N3O2S/c1-17(24,9-3-2-4-10(18)5-9)12-6-13(25-15(12)19)14(23)11-7-21-8-22-16(11)20/h2-8,24H,1H3,(H2,20,21,22). The van der Waals surface area contributed by atoms with Crippen LogP contribution in [-0.4, -0.2) is 20.9 Å². The minimum atomic E-state index is -1.41. The monoisotopic (exact) mass is 393 g/mol. The Kier molecular flexibility index (Phi) is 4.79. The van der Waals surface area contributed by atoms with Gasteiger partial charge in [0.2, 0.25) is 5.78 Å². The predicted octanol–water partition coefficient (Wildman–Crippen LogP) is 3.91. The van der Waals surface area contributed by atoms with E-state index in [4.69, 9.17) is 28.9 Å². The van der Waals surface area contributed by atoms with Gasteiger partial charge in [0.25, 0.3) is 0 Å². The summed E-state index contributed by atoms with van der Waals surface area (Å²) >= 11 is 13.4. The number of halogens is 2. The average molecular weight is 394 g/mol. The summed E-state index contributed by atoms with van der Waals surface area (Å²) < 4.78 is 0.309. The minimum Gasteiger partial charge on any atom is -0.383 e. The van der Waals surface area contributed by atoms with E-state index in [-0.39, 0.29) is 17.2 Å². The van der Waals surface area contributed by atoms with Crippen LogP contribution >= 0.6 is 34.5 Å². The molecule has 2 aromatic heterocycles. The lowest BCUT2D eigenvalue weighted by molar-refractivity contribution is 0.102. The largest absolute Gasteiger partial charge is 0.383 e. The number of nitrogens with two attached hydrogens (primary N) is 1. The zero-order valence-corrected chi connectivity index (χ0v) is 15.4. The predicted molar refractivity (Wildman–Crippen MR) is 99.3 cm³/mol. The molecule has 0 radical (unpaired) electrons. The fourth-order valence-electron chi connectivity index (χ4n) is 2.41. The lowest BCUT2D eigenvalue weighted by atomic mass is 9.89. The van der Waals surface area contributed by atoms with E-state index in [2.05, 4.69) is 9.97 Å². The van der Waals surface area contributed by atoms with Crippen molar-refractivity contribution in [3.63, 3.8) is 0 Å². The van der Waals surface area contributed by atoms with E-state index in [1.807, 2.05) is 0 Å². The van der Waals surface area contributed by atoms with E-state index < -0.39 is 5.60 Å². The first-order valence-corrected chi connectivity index (χ1v) is 8.76. The third-order valence-electron chi connectivity index (χ3n) is 3.81. The molecular formula is C17H13Cl2N3O2S. The smallest absolute Gasteiger partial charge is 0.208 e. The number of nitrogen functional groups attached to an aromatic ring is 1. The van der Waals surface area contributed by atoms with Crippen LogP contribution in [0, 0.1) is 0 Å². The van der Waals surface area contributed by atoms with Gasteiger partial charge in [-0.25, -0.2) is 9.97 Å². The van der Waals surface area contributed by atoms with Crippen LogP contribution in [0.2, 0.25) is 9.36 Å². The molecule has 128 valence electrons. The molecule has 5 nitrogen and oxygen atoms in total. The van der Waals surface area contributed by atoms with Gasteiger partial charge in [-0.05, 0) is 30.7 Å². The van der Waals surface area contributed by atoms with E-state index in [0.29, 0.717) is 25.4 Å². The highest BCUT2D eigenvalue weighted by atomic mass is 35.5. The number of aromatic nitrogens is 2. The number of anilines is 1. The number of ketones is 1. The van der Waals surface area contributed by atoms with Crippen LogP contribution in [0.25, 0.3) is 0 Å². The molecule has 0 aliphatic heterocycles. The molecule has 0 aliphatic rings. The third kappa shape index (κ3) is 3.39. The number of benzene rings is 1. The zero-order valence-electron chi connectivity index (χ0n) is 13.0. The van der Waals surface area contributed by atoms with Gasteiger partial charge < -0.3 is 10.8 Å². The zero-order chi connectivity index (χ0) is 18.2. The van der Waals surface area contributed by atoms with Crippen molar-refractivity contribution in [2.45, 2.75) is 12.5 Å². The first-order valence-electron chi connectivity index (χ1n) is 7.19. The molecule has 1 unspecified atom stereocenters. The van der Waals surface area contributed by atoms with E-state index in [1.165, 1.54) is 12.5 Å². The molecule has 0 saturated carbocycles. The van der Waals surface area contributed by atoms with Crippen molar-refractivity contribution in [2.24, 2.45) is 0 Å². The van der Waals surface area contributed by atoms with Crippen molar-refractivity contribution in [1.82, 2.24) is 9.97 Å². The van der Waals surface area contributed by atoms with Gasteiger partial charge in [-0.15, -0.1) is 11.3 Å². The molecule has 25 heavy (non-hydrogen) atoms. The van der Waals surface area contributed by atoms with E-state index in [1.54, 1.807) is 37.3 Å². The molecule has 1 atom stereocenters. The first-order chi connectivity index (χ1) is 11.8. The molecule has 0 saturated heterocycles. The van der Waals surface area contributed by atoms with Gasteiger partial charge in [-0.3, -0.25) is 4.79 Å². The molecule has 3 rings (SSSR count). The molecule has 1 aromatic carbocycles. The first kappa shape index (κ1) is 17.8. The van der Waals surface area contributed by atoms with Gasteiger partial charge in [0.15, 0.2) is 0 Å². The molecule has 0 bridgehead atoms. The summed E-state index contributed by atoms with van der Waals surface area (Å²) in [5, 5.41) is 11.5. The van der Waals surface area contributed by atoms with Crippen LogP contribution in [0.4, 0.5) is 5.82 Å². The van der Waals surface area contributed by atoms with Gasteiger partial charge in [0.1, 0.15) is 17.7 Å². The SMILES string of the molecule is CC(O)(c1cccc(Cl)c1)c1cc(C(=O)c2cncnc2N)sc1Cl. The number of carbonyl (C=O) groups excluding carboxylic acids is 1. The Morgan fingerprint density at radius 1 is 1.32 bits per heavy atom. The number of thiophene rings is 1. The lowest BCUT2D eigenvalue weighted by Crippen LogP contribution is -2.22. The molecule has 3 aromatic rings. The topological polar surface area (TPSA) is 89.1 Å². The number of aliphatic hydroxyl groups is 1. The Bertz CT molecular complexity index is 957. The summed E-state index contributed by atoms with van der Waals surface area (Å²) in [7, 11) is 0. The maximum Gasteiger partial charge on any atom is 0.208 e. The van der Waals surface area contributed by atoms with Crippen LogP contribution in [-0.2, 0) is 5.60 Å². The van der Waals surface area contributed by atoms with Crippen LogP contribution < -0.4 is 5.73 Å². The van der Waals surface area contributed by atoms with Crippen molar-refractivity contribution in [2.75, 3.05) is 5.73 Å². The molecule has 3 N–H and O–H groups in total. The second-order valence-corrected chi connectivity index (χ2v) is 7.62.